The summed E-state index contributed by atoms with van der Waals surface area (Å²) in [5.74, 6) is -0.263. The molecule has 1 aliphatic rings. The van der Waals surface area contributed by atoms with E-state index in [4.69, 9.17) is 0 Å². The van der Waals surface area contributed by atoms with Crippen molar-refractivity contribution < 1.29 is 9.90 Å². The van der Waals surface area contributed by atoms with Gasteiger partial charge in [-0.1, -0.05) is 36.4 Å². The van der Waals surface area contributed by atoms with Crippen molar-refractivity contribution in [3.63, 3.8) is 0 Å². The maximum Gasteiger partial charge on any atom is 0.270 e. The van der Waals surface area contributed by atoms with Crippen LogP contribution in [0.25, 0.3) is 33.5 Å². The minimum absolute atomic E-state index is 0.0454. The summed E-state index contributed by atoms with van der Waals surface area (Å²) in [7, 11) is 0. The van der Waals surface area contributed by atoms with Gasteiger partial charge in [0.2, 0.25) is 0 Å². The van der Waals surface area contributed by atoms with Crippen molar-refractivity contribution in [1.29, 1.82) is 0 Å². The molecule has 6 nitrogen and oxygen atoms in total. The Morgan fingerprint density at radius 3 is 2.66 bits per heavy atom. The highest BCUT2D eigenvalue weighted by Gasteiger charge is 2.43. The van der Waals surface area contributed by atoms with E-state index in [0.717, 1.165) is 40.7 Å². The number of aromatic nitrogens is 3. The van der Waals surface area contributed by atoms with Crippen molar-refractivity contribution in [2.24, 2.45) is 0 Å². The number of aromatic amines is 1. The third-order valence-electron chi connectivity index (χ3n) is 5.37. The standard InChI is InChI=1S/C23H20N4O2/c28-14-23(9-10-23)27-22(29)19-8-4-7-18(25-19)17-11-16-12-20(26-21(16)24-13-17)15-5-2-1-3-6-15/h1-8,11-13,28H,9-10,14H2,(H,24,26)(H,27,29). The molecule has 1 saturated carbocycles. The number of nitrogens with zero attached hydrogens (tertiary/aromatic N) is 2. The summed E-state index contributed by atoms with van der Waals surface area (Å²) in [6.45, 7) is -0.0454. The predicted molar refractivity (Wildman–Crippen MR) is 111 cm³/mol. The molecule has 0 aliphatic heterocycles. The zero-order valence-corrected chi connectivity index (χ0v) is 15.7. The normalized spacial score (nSPS) is 14.7. The molecule has 29 heavy (non-hydrogen) atoms. The zero-order valence-electron chi connectivity index (χ0n) is 15.7. The van der Waals surface area contributed by atoms with Crippen LogP contribution in [0.3, 0.4) is 0 Å². The first-order valence-electron chi connectivity index (χ1n) is 9.61. The highest BCUT2D eigenvalue weighted by Crippen LogP contribution is 2.34. The van der Waals surface area contributed by atoms with Gasteiger partial charge in [-0.15, -0.1) is 0 Å². The molecule has 0 atom stereocenters. The average molecular weight is 384 g/mol. The number of rotatable bonds is 5. The molecule has 4 aromatic rings. The molecule has 0 unspecified atom stereocenters. The smallest absolute Gasteiger partial charge is 0.270 e. The summed E-state index contributed by atoms with van der Waals surface area (Å²) < 4.78 is 0. The lowest BCUT2D eigenvalue weighted by molar-refractivity contribution is 0.0902. The van der Waals surface area contributed by atoms with Crippen LogP contribution in [-0.4, -0.2) is 38.1 Å². The van der Waals surface area contributed by atoms with E-state index in [1.54, 1.807) is 12.3 Å². The van der Waals surface area contributed by atoms with Gasteiger partial charge in [-0.2, -0.15) is 0 Å². The van der Waals surface area contributed by atoms with E-state index in [9.17, 15) is 9.90 Å². The fraction of sp³-hybridized carbons (Fsp3) is 0.174. The molecule has 3 heterocycles. The molecule has 0 spiro atoms. The number of carbonyl (C=O) groups is 1. The molecule has 6 heteroatoms. The molecule has 0 saturated heterocycles. The number of amides is 1. The van der Waals surface area contributed by atoms with Crippen LogP contribution < -0.4 is 5.32 Å². The maximum absolute atomic E-state index is 12.5. The molecule has 0 bridgehead atoms. The van der Waals surface area contributed by atoms with Gasteiger partial charge in [0.05, 0.1) is 17.8 Å². The molecule has 3 aromatic heterocycles. The summed E-state index contributed by atoms with van der Waals surface area (Å²) in [5.41, 5.74) is 4.31. The molecule has 1 fully saturated rings. The Morgan fingerprint density at radius 2 is 1.90 bits per heavy atom. The summed E-state index contributed by atoms with van der Waals surface area (Å²) in [6.07, 6.45) is 3.35. The second kappa shape index (κ2) is 6.83. The first-order chi connectivity index (χ1) is 14.2. The quantitative estimate of drug-likeness (QED) is 0.491. The number of hydrogen-bond donors (Lipinski definition) is 3. The number of nitrogens with one attached hydrogen (secondary N) is 2. The fourth-order valence-electron chi connectivity index (χ4n) is 3.43. The lowest BCUT2D eigenvalue weighted by atomic mass is 10.1. The maximum atomic E-state index is 12.5. The molecule has 1 aliphatic carbocycles. The third-order valence-corrected chi connectivity index (χ3v) is 5.37. The first-order valence-corrected chi connectivity index (χ1v) is 9.61. The van der Waals surface area contributed by atoms with Gasteiger partial charge in [-0.3, -0.25) is 4.79 Å². The molecule has 3 N–H and O–H groups in total. The Hall–Kier alpha value is -3.51. The number of aliphatic hydroxyl groups is 1. The molecule has 0 radical (unpaired) electrons. The van der Waals surface area contributed by atoms with Crippen molar-refractivity contribution in [3.05, 3.63) is 72.6 Å². The van der Waals surface area contributed by atoms with Crippen molar-refractivity contribution in [1.82, 2.24) is 20.3 Å². The Labute approximate surface area is 167 Å². The monoisotopic (exact) mass is 384 g/mol. The molecule has 1 aromatic carbocycles. The van der Waals surface area contributed by atoms with Crippen molar-refractivity contribution >= 4 is 16.9 Å². The molecule has 1 amide bonds. The molecule has 144 valence electrons. The summed E-state index contributed by atoms with van der Waals surface area (Å²) in [5, 5.41) is 13.3. The third kappa shape index (κ3) is 3.39. The van der Waals surface area contributed by atoms with E-state index in [2.05, 4.69) is 26.3 Å². The van der Waals surface area contributed by atoms with Gasteiger partial charge in [0.25, 0.3) is 5.91 Å². The van der Waals surface area contributed by atoms with E-state index in [1.165, 1.54) is 0 Å². The number of benzene rings is 1. The number of pyridine rings is 2. The van der Waals surface area contributed by atoms with Crippen molar-refractivity contribution in [2.45, 2.75) is 18.4 Å². The SMILES string of the molecule is O=C(NC1(CO)CC1)c1cccc(-c2cnc3[nH]c(-c4ccccc4)cc3c2)n1. The number of fused-ring (bicyclic) bond motifs is 1. The zero-order chi connectivity index (χ0) is 19.8. The van der Waals surface area contributed by atoms with Crippen LogP contribution in [0.1, 0.15) is 23.3 Å². The van der Waals surface area contributed by atoms with Gasteiger partial charge in [-0.05, 0) is 42.7 Å². The highest BCUT2D eigenvalue weighted by atomic mass is 16.3. The second-order valence-corrected chi connectivity index (χ2v) is 7.51. The predicted octanol–water partition coefficient (Wildman–Crippen LogP) is 3.55. The van der Waals surface area contributed by atoms with Gasteiger partial charge in [0, 0.05) is 22.8 Å². The second-order valence-electron chi connectivity index (χ2n) is 7.51. The number of aliphatic hydroxyl groups excluding tert-OH is 1. The van der Waals surface area contributed by atoms with Crippen molar-refractivity contribution in [3.8, 4) is 22.5 Å². The lowest BCUT2D eigenvalue weighted by Gasteiger charge is -2.14. The Kier molecular flexibility index (Phi) is 4.14. The van der Waals surface area contributed by atoms with Gasteiger partial charge in [0.1, 0.15) is 11.3 Å². The van der Waals surface area contributed by atoms with Crippen LogP contribution in [0.2, 0.25) is 0 Å². The van der Waals surface area contributed by atoms with Crippen molar-refractivity contribution in [2.75, 3.05) is 6.61 Å². The summed E-state index contributed by atoms with van der Waals surface area (Å²) in [4.78, 5) is 24.9. The first kappa shape index (κ1) is 17.6. The number of hydrogen-bond acceptors (Lipinski definition) is 4. The van der Waals surface area contributed by atoms with E-state index in [-0.39, 0.29) is 12.5 Å². The molecular weight excluding hydrogens is 364 g/mol. The lowest BCUT2D eigenvalue weighted by Crippen LogP contribution is -2.39. The molecule has 5 rings (SSSR count). The molecular formula is C23H20N4O2. The summed E-state index contributed by atoms with van der Waals surface area (Å²) >= 11 is 0. The van der Waals surface area contributed by atoms with E-state index < -0.39 is 5.54 Å². The van der Waals surface area contributed by atoms with Gasteiger partial charge in [-0.25, -0.2) is 9.97 Å². The van der Waals surface area contributed by atoms with Gasteiger partial charge in [0.15, 0.2) is 0 Å². The Balaban J connectivity index is 1.45. The van der Waals surface area contributed by atoms with Gasteiger partial charge >= 0.3 is 0 Å². The highest BCUT2D eigenvalue weighted by molar-refractivity contribution is 5.94. The Bertz CT molecular complexity index is 1200. The van der Waals surface area contributed by atoms with Crippen LogP contribution in [-0.2, 0) is 0 Å². The van der Waals surface area contributed by atoms with Crippen LogP contribution in [0.5, 0.6) is 0 Å². The Morgan fingerprint density at radius 1 is 1.07 bits per heavy atom. The van der Waals surface area contributed by atoms with Crippen LogP contribution in [0.15, 0.2) is 66.9 Å². The topological polar surface area (TPSA) is 90.9 Å². The van der Waals surface area contributed by atoms with Crippen LogP contribution >= 0.6 is 0 Å². The fourth-order valence-corrected chi connectivity index (χ4v) is 3.43. The minimum atomic E-state index is -0.464. The number of carbonyl (C=O) groups excluding carboxylic acids is 1. The van der Waals surface area contributed by atoms with E-state index in [1.807, 2.05) is 48.5 Å². The summed E-state index contributed by atoms with van der Waals surface area (Å²) in [6, 6.07) is 19.5. The van der Waals surface area contributed by atoms with E-state index >= 15 is 0 Å². The minimum Gasteiger partial charge on any atom is -0.394 e. The average Bonchev–Trinajstić information content (AvgIpc) is 3.41. The van der Waals surface area contributed by atoms with Crippen LogP contribution in [0, 0.1) is 0 Å². The van der Waals surface area contributed by atoms with Crippen LogP contribution in [0.4, 0.5) is 0 Å². The van der Waals surface area contributed by atoms with Gasteiger partial charge < -0.3 is 15.4 Å². The number of H-pyrrole nitrogens is 1. The van der Waals surface area contributed by atoms with E-state index in [0.29, 0.717) is 11.4 Å². The largest absolute Gasteiger partial charge is 0.394 e.